The first-order chi connectivity index (χ1) is 16.5. The van der Waals surface area contributed by atoms with Crippen LogP contribution in [0.3, 0.4) is 0 Å². The van der Waals surface area contributed by atoms with Crippen LogP contribution in [0.1, 0.15) is 46.4 Å². The van der Waals surface area contributed by atoms with Crippen LogP contribution in [0.2, 0.25) is 0 Å². The molecule has 8 heteroatoms. The number of Topliss-reactive ketones (excluding diaryl/α,β-unsaturated/α-hetero) is 1. The van der Waals surface area contributed by atoms with Crippen molar-refractivity contribution in [1.82, 2.24) is 4.90 Å². The maximum Gasteiger partial charge on any atom is 0.338 e. The van der Waals surface area contributed by atoms with E-state index >= 15 is 0 Å². The van der Waals surface area contributed by atoms with Gasteiger partial charge in [-0.1, -0.05) is 18.6 Å². The molecular weight excluding hydrogens is 438 g/mol. The second kappa shape index (κ2) is 12.8. The molecule has 184 valence electrons. The van der Waals surface area contributed by atoms with Crippen LogP contribution in [0.4, 0.5) is 0 Å². The average molecular weight is 472 g/mol. The Morgan fingerprint density at radius 3 is 2.21 bits per heavy atom. The summed E-state index contributed by atoms with van der Waals surface area (Å²) in [5, 5.41) is 0. The van der Waals surface area contributed by atoms with Crippen LogP contribution in [0.25, 0.3) is 0 Å². The van der Waals surface area contributed by atoms with Crippen LogP contribution < -0.4 is 18.9 Å². The minimum Gasteiger partial charge on any atom is -0.493 e. The first kappa shape index (κ1) is 25.4. The molecule has 0 atom stereocenters. The third-order valence-electron chi connectivity index (χ3n) is 5.75. The van der Waals surface area contributed by atoms with Crippen LogP contribution in [0.15, 0.2) is 36.4 Å². The molecule has 0 N–H and O–H groups in total. The highest BCUT2D eigenvalue weighted by Gasteiger charge is 2.18. The van der Waals surface area contributed by atoms with E-state index in [1.165, 1.54) is 52.7 Å². The van der Waals surface area contributed by atoms with Gasteiger partial charge in [-0.25, -0.2) is 4.79 Å². The van der Waals surface area contributed by atoms with Crippen molar-refractivity contribution in [3.63, 3.8) is 0 Å². The Morgan fingerprint density at radius 1 is 0.853 bits per heavy atom. The lowest BCUT2D eigenvalue weighted by Crippen LogP contribution is -2.31. The highest BCUT2D eigenvalue weighted by atomic mass is 16.6. The van der Waals surface area contributed by atoms with Gasteiger partial charge in [0, 0.05) is 18.5 Å². The van der Waals surface area contributed by atoms with Gasteiger partial charge in [-0.15, -0.1) is 0 Å². The van der Waals surface area contributed by atoms with Gasteiger partial charge in [0.1, 0.15) is 19.0 Å². The molecule has 0 amide bonds. The van der Waals surface area contributed by atoms with Gasteiger partial charge in [0.15, 0.2) is 17.3 Å². The predicted octanol–water partition coefficient (Wildman–Crippen LogP) is 4.01. The minimum absolute atomic E-state index is 0.0443. The van der Waals surface area contributed by atoms with Crippen LogP contribution in [-0.4, -0.2) is 70.8 Å². The van der Waals surface area contributed by atoms with Crippen LogP contribution in [0.5, 0.6) is 23.0 Å². The standard InChI is InChI=1S/C26H33NO7/c1-30-23-17-20(18-24(31-2)25(23)32-3)26(29)34-15-14-33-21-9-7-8-19(16-21)22(28)10-13-27-11-5-4-6-12-27/h7-9,16-18H,4-6,10-15H2,1-3H3. The Hall–Kier alpha value is -3.26. The molecule has 1 saturated heterocycles. The number of nitrogens with zero attached hydrogens (tertiary/aromatic N) is 1. The summed E-state index contributed by atoms with van der Waals surface area (Å²) >= 11 is 0. The smallest absolute Gasteiger partial charge is 0.338 e. The SMILES string of the molecule is COc1cc(C(=O)OCCOc2cccc(C(=O)CCN3CCCCC3)c2)cc(OC)c1OC. The van der Waals surface area contributed by atoms with Crippen molar-refractivity contribution >= 4 is 11.8 Å². The van der Waals surface area contributed by atoms with E-state index in [1.807, 2.05) is 0 Å². The molecule has 1 fully saturated rings. The molecule has 1 aliphatic rings. The van der Waals surface area contributed by atoms with Crippen molar-refractivity contribution in [2.75, 3.05) is 54.2 Å². The number of hydrogen-bond acceptors (Lipinski definition) is 8. The lowest BCUT2D eigenvalue weighted by molar-refractivity contribution is 0.0449. The summed E-state index contributed by atoms with van der Waals surface area (Å²) in [7, 11) is 4.45. The number of hydrogen-bond donors (Lipinski definition) is 0. The number of methoxy groups -OCH3 is 3. The number of ketones is 1. The second-order valence-electron chi connectivity index (χ2n) is 8.00. The Morgan fingerprint density at radius 2 is 1.56 bits per heavy atom. The number of piperidine rings is 1. The number of carbonyl (C=O) groups is 2. The summed E-state index contributed by atoms with van der Waals surface area (Å²) in [6, 6.07) is 10.2. The van der Waals surface area contributed by atoms with Gasteiger partial charge in [0.2, 0.25) is 5.75 Å². The third-order valence-corrected chi connectivity index (χ3v) is 5.75. The molecule has 0 unspecified atom stereocenters. The van der Waals surface area contributed by atoms with Crippen LogP contribution in [0, 0.1) is 0 Å². The van der Waals surface area contributed by atoms with Crippen molar-refractivity contribution < 1.29 is 33.3 Å². The van der Waals surface area contributed by atoms with Crippen molar-refractivity contribution in [3.8, 4) is 23.0 Å². The van der Waals surface area contributed by atoms with Gasteiger partial charge < -0.3 is 28.6 Å². The fraction of sp³-hybridized carbons (Fsp3) is 0.462. The van der Waals surface area contributed by atoms with E-state index in [4.69, 9.17) is 23.7 Å². The fourth-order valence-electron chi connectivity index (χ4n) is 3.92. The molecule has 0 aromatic heterocycles. The second-order valence-corrected chi connectivity index (χ2v) is 8.00. The zero-order chi connectivity index (χ0) is 24.3. The number of carbonyl (C=O) groups excluding carboxylic acids is 2. The number of likely N-dealkylation sites (tertiary alicyclic amines) is 1. The first-order valence-corrected chi connectivity index (χ1v) is 11.5. The Bertz CT molecular complexity index is 944. The van der Waals surface area contributed by atoms with Crippen molar-refractivity contribution in [2.24, 2.45) is 0 Å². The lowest BCUT2D eigenvalue weighted by Gasteiger charge is -2.25. The molecular formula is C26H33NO7. The number of esters is 1. The molecule has 0 bridgehead atoms. The molecule has 0 saturated carbocycles. The van der Waals surface area contributed by atoms with E-state index in [9.17, 15) is 9.59 Å². The summed E-state index contributed by atoms with van der Waals surface area (Å²) in [4.78, 5) is 27.4. The quantitative estimate of drug-likeness (QED) is 0.261. The Kier molecular flexibility index (Phi) is 9.58. The van der Waals surface area contributed by atoms with Gasteiger partial charge >= 0.3 is 5.97 Å². The molecule has 34 heavy (non-hydrogen) atoms. The van der Waals surface area contributed by atoms with E-state index in [0.717, 1.165) is 19.6 Å². The first-order valence-electron chi connectivity index (χ1n) is 11.5. The minimum atomic E-state index is -0.538. The van der Waals surface area contributed by atoms with Gasteiger partial charge in [0.25, 0.3) is 0 Å². The third kappa shape index (κ3) is 6.87. The Labute approximate surface area is 200 Å². The van der Waals surface area contributed by atoms with E-state index < -0.39 is 5.97 Å². The van der Waals surface area contributed by atoms with Gasteiger partial charge in [0.05, 0.1) is 26.9 Å². The Balaban J connectivity index is 1.48. The average Bonchev–Trinajstić information content (AvgIpc) is 2.89. The summed E-state index contributed by atoms with van der Waals surface area (Å²) < 4.78 is 26.8. The molecule has 0 radical (unpaired) electrons. The zero-order valence-corrected chi connectivity index (χ0v) is 20.1. The summed E-state index contributed by atoms with van der Waals surface area (Å²) in [5.74, 6) is 1.26. The monoisotopic (exact) mass is 471 g/mol. The van der Waals surface area contributed by atoms with Crippen LogP contribution in [-0.2, 0) is 4.74 Å². The van der Waals surface area contributed by atoms with E-state index in [2.05, 4.69) is 4.90 Å². The van der Waals surface area contributed by atoms with Crippen LogP contribution >= 0.6 is 0 Å². The highest BCUT2D eigenvalue weighted by molar-refractivity contribution is 5.96. The highest BCUT2D eigenvalue weighted by Crippen LogP contribution is 2.38. The van der Waals surface area contributed by atoms with Crippen molar-refractivity contribution in [1.29, 1.82) is 0 Å². The van der Waals surface area contributed by atoms with Crippen molar-refractivity contribution in [2.45, 2.75) is 25.7 Å². The largest absolute Gasteiger partial charge is 0.493 e. The van der Waals surface area contributed by atoms with Gasteiger partial charge in [-0.05, 0) is 50.2 Å². The summed E-state index contributed by atoms with van der Waals surface area (Å²) in [6.07, 6.45) is 4.20. The zero-order valence-electron chi connectivity index (χ0n) is 20.1. The predicted molar refractivity (Wildman–Crippen MR) is 128 cm³/mol. The van der Waals surface area contributed by atoms with E-state index in [1.54, 1.807) is 24.3 Å². The topological polar surface area (TPSA) is 83.5 Å². The maximum atomic E-state index is 12.6. The normalized spacial score (nSPS) is 13.7. The lowest BCUT2D eigenvalue weighted by atomic mass is 10.1. The van der Waals surface area contributed by atoms with E-state index in [-0.39, 0.29) is 24.6 Å². The summed E-state index contributed by atoms with van der Waals surface area (Å²) in [5.41, 5.74) is 0.903. The maximum absolute atomic E-state index is 12.6. The molecule has 1 aliphatic heterocycles. The fourth-order valence-corrected chi connectivity index (χ4v) is 3.92. The molecule has 0 spiro atoms. The molecule has 2 aromatic rings. The van der Waals surface area contributed by atoms with Crippen molar-refractivity contribution in [3.05, 3.63) is 47.5 Å². The molecule has 3 rings (SSSR count). The summed E-state index contributed by atoms with van der Waals surface area (Å²) in [6.45, 7) is 3.14. The van der Waals surface area contributed by atoms with Gasteiger partial charge in [-0.3, -0.25) is 4.79 Å². The number of benzene rings is 2. The molecule has 0 aliphatic carbocycles. The number of ether oxygens (including phenoxy) is 5. The molecule has 2 aromatic carbocycles. The molecule has 8 nitrogen and oxygen atoms in total. The number of rotatable bonds is 12. The van der Waals surface area contributed by atoms with E-state index in [0.29, 0.717) is 35.0 Å². The molecule has 1 heterocycles. The van der Waals surface area contributed by atoms with Gasteiger partial charge in [-0.2, -0.15) is 0 Å².